The van der Waals surface area contributed by atoms with Crippen molar-refractivity contribution < 1.29 is 4.74 Å². The number of fused-ring (bicyclic) bond motifs is 2. The van der Waals surface area contributed by atoms with Crippen molar-refractivity contribution in [2.75, 3.05) is 13.1 Å². The van der Waals surface area contributed by atoms with E-state index in [0.29, 0.717) is 6.04 Å². The van der Waals surface area contributed by atoms with Gasteiger partial charge >= 0.3 is 0 Å². The first-order valence-electron chi connectivity index (χ1n) is 8.72. The largest absolute Gasteiger partial charge is 0.443 e. The Balaban J connectivity index is 1.57. The molecular weight excluding hydrogens is 300 g/mol. The molecule has 0 amide bonds. The van der Waals surface area contributed by atoms with Crippen LogP contribution in [0.4, 0.5) is 0 Å². The zero-order chi connectivity index (χ0) is 16.7. The predicted octanol–water partition coefficient (Wildman–Crippen LogP) is 3.10. The summed E-state index contributed by atoms with van der Waals surface area (Å²) in [4.78, 5) is 11.5. The summed E-state index contributed by atoms with van der Waals surface area (Å²) in [7, 11) is 2.05. The second-order valence-electron chi connectivity index (χ2n) is 6.83. The van der Waals surface area contributed by atoms with Gasteiger partial charge in [0.05, 0.1) is 12.0 Å². The molecule has 3 heterocycles. The van der Waals surface area contributed by atoms with Gasteiger partial charge in [0.15, 0.2) is 0 Å². The number of ether oxygens (including phenoxy) is 1. The molecule has 126 valence electrons. The summed E-state index contributed by atoms with van der Waals surface area (Å²) in [6, 6.07) is 9.11. The summed E-state index contributed by atoms with van der Waals surface area (Å²) in [6.45, 7) is 6.55. The average molecular weight is 324 g/mol. The highest BCUT2D eigenvalue weighted by Gasteiger charge is 2.38. The third kappa shape index (κ3) is 2.63. The number of aromatic nitrogens is 1. The Morgan fingerprint density at radius 3 is 3.00 bits per heavy atom. The Labute approximate surface area is 142 Å². The van der Waals surface area contributed by atoms with Gasteiger partial charge in [-0.1, -0.05) is 6.92 Å². The Morgan fingerprint density at radius 2 is 2.17 bits per heavy atom. The van der Waals surface area contributed by atoms with E-state index in [1.54, 1.807) is 6.34 Å². The number of piperidine rings is 1. The molecule has 1 aromatic carbocycles. The minimum Gasteiger partial charge on any atom is -0.443 e. The van der Waals surface area contributed by atoms with Crippen LogP contribution < -0.4 is 4.74 Å². The first-order chi connectivity index (χ1) is 11.7. The van der Waals surface area contributed by atoms with E-state index >= 15 is 0 Å². The molecule has 2 aliphatic heterocycles. The van der Waals surface area contributed by atoms with Crippen LogP contribution in [-0.2, 0) is 7.05 Å². The number of likely N-dealkylation sites (N-methyl/N-ethyl adjacent to an activating group) is 1. The molecule has 0 spiro atoms. The summed E-state index contributed by atoms with van der Waals surface area (Å²) >= 11 is 0. The lowest BCUT2D eigenvalue weighted by atomic mass is 9.86. The van der Waals surface area contributed by atoms with Crippen molar-refractivity contribution in [1.82, 2.24) is 9.47 Å². The van der Waals surface area contributed by atoms with E-state index in [1.807, 2.05) is 6.07 Å². The Hall–Kier alpha value is -2.14. The molecule has 0 aliphatic carbocycles. The predicted molar refractivity (Wildman–Crippen MR) is 98.1 cm³/mol. The van der Waals surface area contributed by atoms with Crippen LogP contribution in [0.3, 0.4) is 0 Å². The molecule has 4 rings (SSSR count). The van der Waals surface area contributed by atoms with E-state index in [2.05, 4.69) is 64.7 Å². The van der Waals surface area contributed by atoms with E-state index in [-0.39, 0.29) is 12.0 Å². The van der Waals surface area contributed by atoms with Crippen LogP contribution in [0.2, 0.25) is 0 Å². The van der Waals surface area contributed by atoms with E-state index in [1.165, 1.54) is 10.9 Å². The number of hydrogen-bond donors (Lipinski definition) is 0. The number of hydrogen-bond acceptors (Lipinski definition) is 4. The van der Waals surface area contributed by atoms with Crippen LogP contribution in [0.25, 0.3) is 10.9 Å². The number of aliphatic imine (C=N–C) groups is 2. The van der Waals surface area contributed by atoms with Gasteiger partial charge in [-0.2, -0.15) is 0 Å². The Bertz CT molecular complexity index is 807. The third-order valence-electron chi connectivity index (χ3n) is 5.35. The molecule has 24 heavy (non-hydrogen) atoms. The van der Waals surface area contributed by atoms with Crippen molar-refractivity contribution in [3.8, 4) is 5.75 Å². The SMILES string of the molecule is CCN1CC2N=CN=C(Oc3ccc4c(ccn4C)c3)C2C[C@@H]1C. The monoisotopic (exact) mass is 324 g/mol. The van der Waals surface area contributed by atoms with Gasteiger partial charge in [-0.3, -0.25) is 9.89 Å². The second-order valence-corrected chi connectivity index (χ2v) is 6.83. The highest BCUT2D eigenvalue weighted by molar-refractivity contribution is 5.91. The maximum atomic E-state index is 6.19. The van der Waals surface area contributed by atoms with Crippen molar-refractivity contribution in [3.05, 3.63) is 30.5 Å². The second kappa shape index (κ2) is 6.06. The van der Waals surface area contributed by atoms with E-state index in [0.717, 1.165) is 31.2 Å². The molecule has 5 heteroatoms. The molecule has 0 N–H and O–H groups in total. The lowest BCUT2D eigenvalue weighted by molar-refractivity contribution is 0.128. The average Bonchev–Trinajstić information content (AvgIpc) is 2.95. The zero-order valence-electron chi connectivity index (χ0n) is 14.5. The lowest BCUT2D eigenvalue weighted by Gasteiger charge is -2.41. The molecule has 0 saturated carbocycles. The van der Waals surface area contributed by atoms with E-state index < -0.39 is 0 Å². The fourth-order valence-electron chi connectivity index (χ4n) is 3.90. The summed E-state index contributed by atoms with van der Waals surface area (Å²) < 4.78 is 8.30. The van der Waals surface area contributed by atoms with Crippen LogP contribution in [0.1, 0.15) is 20.3 Å². The maximum absolute atomic E-state index is 6.19. The third-order valence-corrected chi connectivity index (χ3v) is 5.35. The molecule has 5 nitrogen and oxygen atoms in total. The lowest BCUT2D eigenvalue weighted by Crippen LogP contribution is -2.51. The first-order valence-corrected chi connectivity index (χ1v) is 8.72. The minimum absolute atomic E-state index is 0.258. The van der Waals surface area contributed by atoms with E-state index in [9.17, 15) is 0 Å². The minimum atomic E-state index is 0.258. The van der Waals surface area contributed by atoms with Gasteiger partial charge in [-0.25, -0.2) is 4.99 Å². The molecule has 2 aromatic rings. The number of benzene rings is 1. The van der Waals surface area contributed by atoms with Gasteiger partial charge in [0.1, 0.15) is 12.1 Å². The van der Waals surface area contributed by atoms with Crippen molar-refractivity contribution in [1.29, 1.82) is 0 Å². The number of nitrogens with zero attached hydrogens (tertiary/aromatic N) is 4. The molecule has 3 atom stereocenters. The summed E-state index contributed by atoms with van der Waals surface area (Å²) in [5, 5.41) is 1.19. The summed E-state index contributed by atoms with van der Waals surface area (Å²) in [6.07, 6.45) is 4.78. The highest BCUT2D eigenvalue weighted by atomic mass is 16.5. The highest BCUT2D eigenvalue weighted by Crippen LogP contribution is 2.30. The van der Waals surface area contributed by atoms with Crippen molar-refractivity contribution >= 4 is 23.1 Å². The topological polar surface area (TPSA) is 42.1 Å². The molecular formula is C19H24N4O. The Morgan fingerprint density at radius 1 is 1.29 bits per heavy atom. The van der Waals surface area contributed by atoms with Crippen LogP contribution >= 0.6 is 0 Å². The molecule has 1 fully saturated rings. The molecule has 1 saturated heterocycles. The van der Waals surface area contributed by atoms with Crippen LogP contribution in [0.5, 0.6) is 5.75 Å². The van der Waals surface area contributed by atoms with Gasteiger partial charge < -0.3 is 9.30 Å². The molecule has 0 bridgehead atoms. The quantitative estimate of drug-likeness (QED) is 0.852. The van der Waals surface area contributed by atoms with Gasteiger partial charge in [-0.05, 0) is 44.2 Å². The van der Waals surface area contributed by atoms with Crippen LogP contribution in [0, 0.1) is 5.92 Å². The van der Waals surface area contributed by atoms with Crippen LogP contribution in [0.15, 0.2) is 40.4 Å². The Kier molecular flexibility index (Phi) is 3.88. The molecule has 2 aliphatic rings. The fourth-order valence-corrected chi connectivity index (χ4v) is 3.90. The number of aryl methyl sites for hydroxylation is 1. The standard InChI is InChI=1S/C19H24N4O/c1-4-23-11-17-16(9-13(23)2)19(21-12-20-17)24-15-5-6-18-14(10-15)7-8-22(18)3/h5-8,10,12-13,16-17H,4,9,11H2,1-3H3/t13-,16?,17?/m0/s1. The van der Waals surface area contributed by atoms with Crippen molar-refractivity contribution in [2.24, 2.45) is 23.0 Å². The van der Waals surface area contributed by atoms with Gasteiger partial charge in [0, 0.05) is 36.7 Å². The van der Waals surface area contributed by atoms with Crippen LogP contribution in [-0.4, -0.2) is 46.9 Å². The summed E-state index contributed by atoms with van der Waals surface area (Å²) in [5.41, 5.74) is 1.21. The zero-order valence-corrected chi connectivity index (χ0v) is 14.5. The summed E-state index contributed by atoms with van der Waals surface area (Å²) in [5.74, 6) is 1.94. The smallest absolute Gasteiger partial charge is 0.201 e. The maximum Gasteiger partial charge on any atom is 0.201 e. The number of likely N-dealkylation sites (tertiary alicyclic amines) is 1. The molecule has 2 unspecified atom stereocenters. The van der Waals surface area contributed by atoms with Gasteiger partial charge in [0.2, 0.25) is 5.90 Å². The van der Waals surface area contributed by atoms with Crippen molar-refractivity contribution in [3.63, 3.8) is 0 Å². The fraction of sp³-hybridized carbons (Fsp3) is 0.474. The van der Waals surface area contributed by atoms with Gasteiger partial charge in [0.25, 0.3) is 0 Å². The first kappa shape index (κ1) is 15.4. The molecule has 1 aromatic heterocycles. The van der Waals surface area contributed by atoms with Gasteiger partial charge in [-0.15, -0.1) is 0 Å². The number of rotatable bonds is 2. The molecule has 0 radical (unpaired) electrons. The van der Waals surface area contributed by atoms with E-state index in [4.69, 9.17) is 4.74 Å². The van der Waals surface area contributed by atoms with Crippen molar-refractivity contribution in [2.45, 2.75) is 32.4 Å². The normalized spacial score (nSPS) is 27.1.